The summed E-state index contributed by atoms with van der Waals surface area (Å²) in [6, 6.07) is 20.5. The van der Waals surface area contributed by atoms with Gasteiger partial charge in [0.1, 0.15) is 11.6 Å². The Balaban J connectivity index is 1.51. The summed E-state index contributed by atoms with van der Waals surface area (Å²) in [5.41, 5.74) is 4.14. The van der Waals surface area contributed by atoms with Crippen molar-refractivity contribution in [1.82, 2.24) is 24.8 Å². The summed E-state index contributed by atoms with van der Waals surface area (Å²) >= 11 is 0. The maximum atomic E-state index is 5.02. The molecule has 6 nitrogen and oxygen atoms in total. The average Bonchev–Trinajstić information content (AvgIpc) is 2.86. The fourth-order valence-electron chi connectivity index (χ4n) is 4.21. The van der Waals surface area contributed by atoms with E-state index in [1.54, 1.807) is 6.20 Å². The topological polar surface area (TPSA) is 66.8 Å². The Bertz CT molecular complexity index is 1130. The van der Waals surface area contributed by atoms with Crippen LogP contribution in [0.4, 0.5) is 11.5 Å². The van der Waals surface area contributed by atoms with Crippen LogP contribution in [0.1, 0.15) is 36.7 Å². The molecule has 4 heterocycles. The van der Waals surface area contributed by atoms with Crippen LogP contribution in [-0.4, -0.2) is 31.4 Å². The van der Waals surface area contributed by atoms with Crippen molar-refractivity contribution in [2.75, 3.05) is 11.9 Å². The van der Waals surface area contributed by atoms with Gasteiger partial charge in [0, 0.05) is 48.6 Å². The van der Waals surface area contributed by atoms with Gasteiger partial charge in [-0.3, -0.25) is 14.9 Å². The molecule has 1 atom stereocenters. The van der Waals surface area contributed by atoms with E-state index < -0.39 is 0 Å². The molecule has 1 aliphatic heterocycles. The number of hydrogen-bond donors (Lipinski definition) is 1. The van der Waals surface area contributed by atoms with Gasteiger partial charge in [0.15, 0.2) is 0 Å². The highest BCUT2D eigenvalue weighted by Crippen LogP contribution is 2.32. The lowest BCUT2D eigenvalue weighted by Gasteiger charge is -2.35. The third-order valence-corrected chi connectivity index (χ3v) is 5.79. The lowest BCUT2D eigenvalue weighted by Crippen LogP contribution is -2.34. The molecule has 0 radical (unpaired) electrons. The van der Waals surface area contributed by atoms with Crippen LogP contribution in [0.25, 0.3) is 11.3 Å². The highest BCUT2D eigenvalue weighted by molar-refractivity contribution is 5.65. The second-order valence-corrected chi connectivity index (χ2v) is 8.07. The largest absolute Gasteiger partial charge is 0.340 e. The third-order valence-electron chi connectivity index (χ3n) is 5.79. The van der Waals surface area contributed by atoms with Gasteiger partial charge in [0.25, 0.3) is 0 Å². The van der Waals surface area contributed by atoms with Crippen molar-refractivity contribution in [3.63, 3.8) is 0 Å². The van der Waals surface area contributed by atoms with Gasteiger partial charge in [-0.1, -0.05) is 24.6 Å². The second kappa shape index (κ2) is 9.66. The standard InChI is InChI=1S/C26H26N6/c1-2-8-22(9-3-1)29-25-17-23(21-7-6-13-28-18-21)30-26(31-25)24-10-4-5-16-32(24)19-20-11-14-27-15-12-20/h1-3,6-9,11-15,17-18,24H,4-5,10,16,19H2,(H,29,30,31)/t24-/m1/s1. The van der Waals surface area contributed by atoms with E-state index in [1.165, 1.54) is 18.4 Å². The first-order chi connectivity index (χ1) is 15.8. The minimum absolute atomic E-state index is 0.171. The van der Waals surface area contributed by atoms with Gasteiger partial charge in [-0.15, -0.1) is 0 Å². The van der Waals surface area contributed by atoms with Crippen LogP contribution in [0.15, 0.2) is 85.5 Å². The predicted molar refractivity (Wildman–Crippen MR) is 126 cm³/mol. The second-order valence-electron chi connectivity index (χ2n) is 8.07. The molecule has 1 saturated heterocycles. The van der Waals surface area contributed by atoms with Crippen LogP contribution in [0.2, 0.25) is 0 Å². The number of aromatic nitrogens is 4. The Morgan fingerprint density at radius 2 is 1.75 bits per heavy atom. The van der Waals surface area contributed by atoms with E-state index in [2.05, 4.69) is 32.3 Å². The lowest BCUT2D eigenvalue weighted by molar-refractivity contribution is 0.134. The van der Waals surface area contributed by atoms with Crippen molar-refractivity contribution in [3.8, 4) is 11.3 Å². The maximum Gasteiger partial charge on any atom is 0.148 e. The molecule has 0 saturated carbocycles. The molecule has 0 spiro atoms. The van der Waals surface area contributed by atoms with E-state index in [4.69, 9.17) is 9.97 Å². The molecule has 0 unspecified atom stereocenters. The number of rotatable bonds is 6. The van der Waals surface area contributed by atoms with Crippen LogP contribution >= 0.6 is 0 Å². The molecular formula is C26H26N6. The molecule has 1 aliphatic rings. The minimum Gasteiger partial charge on any atom is -0.340 e. The number of piperidine rings is 1. The highest BCUT2D eigenvalue weighted by atomic mass is 15.2. The first-order valence-corrected chi connectivity index (χ1v) is 11.1. The fourth-order valence-corrected chi connectivity index (χ4v) is 4.21. The highest BCUT2D eigenvalue weighted by Gasteiger charge is 2.27. The molecule has 1 N–H and O–H groups in total. The van der Waals surface area contributed by atoms with E-state index in [1.807, 2.05) is 67.1 Å². The Morgan fingerprint density at radius 3 is 2.56 bits per heavy atom. The molecule has 5 rings (SSSR count). The number of nitrogens with one attached hydrogen (secondary N) is 1. The summed E-state index contributed by atoms with van der Waals surface area (Å²) in [4.78, 5) is 20.9. The molecule has 6 heteroatoms. The van der Waals surface area contributed by atoms with Crippen LogP contribution in [0.3, 0.4) is 0 Å². The van der Waals surface area contributed by atoms with Gasteiger partial charge in [-0.25, -0.2) is 9.97 Å². The molecule has 0 aliphatic carbocycles. The summed E-state index contributed by atoms with van der Waals surface area (Å²) in [5.74, 6) is 1.66. The smallest absolute Gasteiger partial charge is 0.148 e. The Hall–Kier alpha value is -3.64. The number of nitrogens with zero attached hydrogens (tertiary/aromatic N) is 5. The Labute approximate surface area is 188 Å². The zero-order valence-corrected chi connectivity index (χ0v) is 17.9. The molecule has 1 fully saturated rings. The number of para-hydroxylation sites is 1. The van der Waals surface area contributed by atoms with Gasteiger partial charge in [0.05, 0.1) is 11.7 Å². The van der Waals surface area contributed by atoms with Gasteiger partial charge in [-0.05, 0) is 61.3 Å². The first-order valence-electron chi connectivity index (χ1n) is 11.1. The lowest BCUT2D eigenvalue weighted by atomic mass is 10.00. The summed E-state index contributed by atoms with van der Waals surface area (Å²) in [5, 5.41) is 3.46. The van der Waals surface area contributed by atoms with E-state index in [9.17, 15) is 0 Å². The normalized spacial score (nSPS) is 16.6. The van der Waals surface area contributed by atoms with Crippen LogP contribution in [0.5, 0.6) is 0 Å². The number of hydrogen-bond acceptors (Lipinski definition) is 6. The molecular weight excluding hydrogens is 396 g/mol. The fraction of sp³-hybridized carbons (Fsp3) is 0.231. The van der Waals surface area contributed by atoms with Crippen molar-refractivity contribution < 1.29 is 0 Å². The predicted octanol–water partition coefficient (Wildman–Crippen LogP) is 5.40. The van der Waals surface area contributed by atoms with Gasteiger partial charge < -0.3 is 5.32 Å². The molecule has 1 aromatic carbocycles. The van der Waals surface area contributed by atoms with Gasteiger partial charge in [-0.2, -0.15) is 0 Å². The zero-order valence-electron chi connectivity index (χ0n) is 17.9. The van der Waals surface area contributed by atoms with Gasteiger partial charge >= 0.3 is 0 Å². The number of benzene rings is 1. The Kier molecular flexibility index (Phi) is 6.12. The van der Waals surface area contributed by atoms with E-state index in [-0.39, 0.29) is 6.04 Å². The molecule has 160 valence electrons. The van der Waals surface area contributed by atoms with Crippen LogP contribution < -0.4 is 5.32 Å². The van der Waals surface area contributed by atoms with E-state index >= 15 is 0 Å². The SMILES string of the molecule is c1ccc(Nc2cc(-c3cccnc3)nc([C@H]3CCCCN3Cc3ccncc3)n2)cc1. The molecule has 0 amide bonds. The van der Waals surface area contributed by atoms with E-state index in [0.29, 0.717) is 0 Å². The molecule has 0 bridgehead atoms. The van der Waals surface area contributed by atoms with Gasteiger partial charge in [0.2, 0.25) is 0 Å². The van der Waals surface area contributed by atoms with Crippen molar-refractivity contribution in [2.24, 2.45) is 0 Å². The first kappa shape index (κ1) is 20.3. The molecule has 3 aromatic heterocycles. The maximum absolute atomic E-state index is 5.02. The monoisotopic (exact) mass is 422 g/mol. The Morgan fingerprint density at radius 1 is 0.875 bits per heavy atom. The summed E-state index contributed by atoms with van der Waals surface area (Å²) < 4.78 is 0. The third kappa shape index (κ3) is 4.81. The summed E-state index contributed by atoms with van der Waals surface area (Å²) in [6.45, 7) is 1.91. The summed E-state index contributed by atoms with van der Waals surface area (Å²) in [6.07, 6.45) is 10.8. The minimum atomic E-state index is 0.171. The number of likely N-dealkylation sites (tertiary alicyclic amines) is 1. The van der Waals surface area contributed by atoms with Crippen molar-refractivity contribution >= 4 is 11.5 Å². The quantitative estimate of drug-likeness (QED) is 0.448. The molecule has 4 aromatic rings. The number of pyridine rings is 2. The van der Waals surface area contributed by atoms with Crippen LogP contribution in [-0.2, 0) is 6.54 Å². The average molecular weight is 423 g/mol. The zero-order chi connectivity index (χ0) is 21.6. The van der Waals surface area contributed by atoms with Crippen LogP contribution in [0, 0.1) is 0 Å². The number of anilines is 2. The summed E-state index contributed by atoms with van der Waals surface area (Å²) in [7, 11) is 0. The molecule has 32 heavy (non-hydrogen) atoms. The van der Waals surface area contributed by atoms with Crippen molar-refractivity contribution in [2.45, 2.75) is 31.8 Å². The van der Waals surface area contributed by atoms with Crippen molar-refractivity contribution in [3.05, 3.63) is 96.8 Å². The van der Waals surface area contributed by atoms with Crippen molar-refractivity contribution in [1.29, 1.82) is 0 Å². The van der Waals surface area contributed by atoms with E-state index in [0.717, 1.165) is 48.1 Å².